The zero-order valence-electron chi connectivity index (χ0n) is 20.3. The molecule has 1 atom stereocenters. The van der Waals surface area contributed by atoms with Crippen molar-refractivity contribution in [1.29, 1.82) is 0 Å². The summed E-state index contributed by atoms with van der Waals surface area (Å²) in [5, 5.41) is 30.0. The van der Waals surface area contributed by atoms with Crippen LogP contribution in [-0.2, 0) is 4.74 Å². The van der Waals surface area contributed by atoms with E-state index in [1.807, 2.05) is 48.5 Å². The van der Waals surface area contributed by atoms with Crippen molar-refractivity contribution in [1.82, 2.24) is 5.01 Å². The summed E-state index contributed by atoms with van der Waals surface area (Å²) in [4.78, 5) is 38.2. The van der Waals surface area contributed by atoms with E-state index in [1.165, 1.54) is 5.01 Å². The molecule has 13 heteroatoms. The van der Waals surface area contributed by atoms with Gasteiger partial charge in [-0.1, -0.05) is 56.1 Å². The number of hydrogen-bond donors (Lipinski definition) is 0. The van der Waals surface area contributed by atoms with Crippen LogP contribution in [0.15, 0.2) is 74.7 Å². The monoisotopic (exact) mass is 657 g/mol. The quantitative estimate of drug-likeness (QED) is 0.240. The second-order valence-corrected chi connectivity index (χ2v) is 10.8. The third-order valence-corrected chi connectivity index (χ3v) is 7.65. The molecule has 200 valence electrons. The van der Waals surface area contributed by atoms with Gasteiger partial charge in [-0.05, 0) is 35.4 Å². The van der Waals surface area contributed by atoms with E-state index in [1.54, 1.807) is 4.90 Å². The lowest BCUT2D eigenvalue weighted by atomic mass is 9.98. The van der Waals surface area contributed by atoms with E-state index in [-0.39, 0.29) is 37.6 Å². The predicted molar refractivity (Wildman–Crippen MR) is 151 cm³/mol. The average molecular weight is 659 g/mol. The van der Waals surface area contributed by atoms with Crippen molar-refractivity contribution in [2.45, 2.75) is 12.5 Å². The van der Waals surface area contributed by atoms with Crippen molar-refractivity contribution < 1.29 is 19.4 Å². The van der Waals surface area contributed by atoms with Gasteiger partial charge in [0.05, 0.1) is 40.4 Å². The van der Waals surface area contributed by atoms with Crippen LogP contribution in [0.4, 0.5) is 17.1 Å². The minimum Gasteiger partial charge on any atom is -0.378 e. The number of morpholine rings is 1. The number of carbonyl (C=O) groups excluding carboxylic acids is 1. The molecule has 0 saturated carbocycles. The van der Waals surface area contributed by atoms with Crippen LogP contribution in [-0.4, -0.2) is 52.8 Å². The fourth-order valence-electron chi connectivity index (χ4n) is 4.71. The molecule has 0 spiro atoms. The predicted octanol–water partition coefficient (Wildman–Crippen LogP) is 5.86. The maximum absolute atomic E-state index is 13.9. The lowest BCUT2D eigenvalue weighted by Crippen LogP contribution is -2.37. The van der Waals surface area contributed by atoms with Gasteiger partial charge in [-0.2, -0.15) is 5.10 Å². The van der Waals surface area contributed by atoms with Crippen LogP contribution in [0.1, 0.15) is 33.9 Å². The standard InChI is InChI=1S/C26H21Br2N5O6/c27-19-5-1-16(2-6-19)21-15-22(17-3-7-20(28)8-4-17)31(29-21)26(34)18-13-23(32(35)36)25(24(14-18)33(37)38)30-9-11-39-12-10-30/h1-8,13-14,22H,9-12,15H2. The number of halogens is 2. The Balaban J connectivity index is 1.60. The van der Waals surface area contributed by atoms with E-state index in [9.17, 15) is 25.0 Å². The Hall–Kier alpha value is -3.68. The van der Waals surface area contributed by atoms with Crippen LogP contribution in [0.3, 0.4) is 0 Å². The van der Waals surface area contributed by atoms with Gasteiger partial charge in [-0.15, -0.1) is 0 Å². The van der Waals surface area contributed by atoms with Gasteiger partial charge in [-0.25, -0.2) is 5.01 Å². The summed E-state index contributed by atoms with van der Waals surface area (Å²) < 4.78 is 7.06. The first-order valence-corrected chi connectivity index (χ1v) is 13.5. The normalized spacial score (nSPS) is 17.2. The molecule has 3 aromatic carbocycles. The Morgan fingerprint density at radius 1 is 0.897 bits per heavy atom. The van der Waals surface area contributed by atoms with E-state index in [2.05, 4.69) is 37.0 Å². The van der Waals surface area contributed by atoms with Crippen LogP contribution in [0.25, 0.3) is 0 Å². The van der Waals surface area contributed by atoms with Gasteiger partial charge in [0, 0.05) is 40.6 Å². The van der Waals surface area contributed by atoms with Gasteiger partial charge in [-0.3, -0.25) is 25.0 Å². The van der Waals surface area contributed by atoms with Crippen molar-refractivity contribution in [2.24, 2.45) is 5.10 Å². The highest BCUT2D eigenvalue weighted by atomic mass is 79.9. The molecule has 0 aromatic heterocycles. The fourth-order valence-corrected chi connectivity index (χ4v) is 5.24. The van der Waals surface area contributed by atoms with Crippen molar-refractivity contribution in [2.75, 3.05) is 31.2 Å². The van der Waals surface area contributed by atoms with Gasteiger partial charge < -0.3 is 9.64 Å². The summed E-state index contributed by atoms with van der Waals surface area (Å²) in [5.41, 5.74) is 0.935. The van der Waals surface area contributed by atoms with Crippen LogP contribution in [0.2, 0.25) is 0 Å². The van der Waals surface area contributed by atoms with E-state index in [0.717, 1.165) is 32.2 Å². The van der Waals surface area contributed by atoms with Crippen LogP contribution >= 0.6 is 31.9 Å². The Labute approximate surface area is 239 Å². The van der Waals surface area contributed by atoms with E-state index >= 15 is 0 Å². The fraction of sp³-hybridized carbons (Fsp3) is 0.231. The summed E-state index contributed by atoms with van der Waals surface area (Å²) in [5.74, 6) is -0.672. The zero-order chi connectivity index (χ0) is 27.7. The number of amides is 1. The van der Waals surface area contributed by atoms with Gasteiger partial charge in [0.1, 0.15) is 0 Å². The zero-order valence-corrected chi connectivity index (χ0v) is 23.5. The molecule has 5 rings (SSSR count). The summed E-state index contributed by atoms with van der Waals surface area (Å²) in [7, 11) is 0. The molecule has 0 bridgehead atoms. The number of hydrogen-bond acceptors (Lipinski definition) is 8. The summed E-state index contributed by atoms with van der Waals surface area (Å²) >= 11 is 6.84. The molecule has 1 amide bonds. The molecule has 0 N–H and O–H groups in total. The van der Waals surface area contributed by atoms with E-state index in [4.69, 9.17) is 4.74 Å². The molecule has 11 nitrogen and oxygen atoms in total. The number of carbonyl (C=O) groups is 1. The minimum atomic E-state index is -0.693. The summed E-state index contributed by atoms with van der Waals surface area (Å²) in [6.45, 7) is 1.08. The topological polar surface area (TPSA) is 131 Å². The molecule has 2 heterocycles. The molecule has 2 aliphatic rings. The van der Waals surface area contributed by atoms with Crippen LogP contribution < -0.4 is 4.90 Å². The maximum Gasteiger partial charge on any atom is 0.300 e. The molecule has 0 aliphatic carbocycles. The summed E-state index contributed by atoms with van der Waals surface area (Å²) in [6.07, 6.45) is 0.394. The van der Waals surface area contributed by atoms with Crippen molar-refractivity contribution in [3.05, 3.63) is 107 Å². The molecule has 1 saturated heterocycles. The lowest BCUT2D eigenvalue weighted by molar-refractivity contribution is -0.392. The van der Waals surface area contributed by atoms with Crippen molar-refractivity contribution in [3.63, 3.8) is 0 Å². The van der Waals surface area contributed by atoms with Gasteiger partial charge in [0.15, 0.2) is 5.69 Å². The largest absolute Gasteiger partial charge is 0.378 e. The number of hydrazone groups is 1. The Morgan fingerprint density at radius 2 is 1.44 bits per heavy atom. The van der Waals surface area contributed by atoms with E-state index in [0.29, 0.717) is 12.1 Å². The number of anilines is 1. The molecule has 1 unspecified atom stereocenters. The Morgan fingerprint density at radius 3 is 1.97 bits per heavy atom. The minimum absolute atomic E-state index is 0.130. The highest BCUT2D eigenvalue weighted by Crippen LogP contribution is 2.41. The SMILES string of the molecule is O=C(c1cc([N+](=O)[O-])c(N2CCOCC2)c([N+](=O)[O-])c1)N1N=C(c2ccc(Br)cc2)CC1c1ccc(Br)cc1. The number of benzene rings is 3. The number of nitro groups is 2. The Kier molecular flexibility index (Phi) is 7.73. The van der Waals surface area contributed by atoms with E-state index < -0.39 is 33.2 Å². The third-order valence-electron chi connectivity index (χ3n) is 6.59. The first kappa shape index (κ1) is 26.9. The van der Waals surface area contributed by atoms with Gasteiger partial charge >= 0.3 is 0 Å². The van der Waals surface area contributed by atoms with Crippen LogP contribution in [0.5, 0.6) is 0 Å². The maximum atomic E-state index is 13.9. The highest BCUT2D eigenvalue weighted by molar-refractivity contribution is 9.10. The molecular formula is C26H21Br2N5O6. The van der Waals surface area contributed by atoms with Crippen molar-refractivity contribution >= 4 is 60.5 Å². The number of rotatable bonds is 6. The lowest BCUT2D eigenvalue weighted by Gasteiger charge is -2.28. The average Bonchev–Trinajstić information content (AvgIpc) is 3.38. The van der Waals surface area contributed by atoms with Gasteiger partial charge in [0.25, 0.3) is 17.3 Å². The first-order valence-electron chi connectivity index (χ1n) is 11.9. The Bertz CT molecular complexity index is 1440. The number of nitro benzene ring substituents is 2. The van der Waals surface area contributed by atoms with Crippen molar-refractivity contribution in [3.8, 4) is 0 Å². The highest BCUT2D eigenvalue weighted by Gasteiger charge is 2.38. The van der Waals surface area contributed by atoms with Crippen LogP contribution in [0, 0.1) is 20.2 Å². The molecule has 0 radical (unpaired) electrons. The second-order valence-electron chi connectivity index (χ2n) is 8.95. The van der Waals surface area contributed by atoms with Gasteiger partial charge in [0.2, 0.25) is 0 Å². The second kappa shape index (κ2) is 11.2. The smallest absolute Gasteiger partial charge is 0.300 e. The molecule has 1 fully saturated rings. The molecular weight excluding hydrogens is 638 g/mol. The number of nitrogens with zero attached hydrogens (tertiary/aromatic N) is 5. The molecule has 3 aromatic rings. The summed E-state index contributed by atoms with van der Waals surface area (Å²) in [6, 6.07) is 16.6. The molecule has 2 aliphatic heterocycles. The first-order chi connectivity index (χ1) is 18.7. The molecule has 39 heavy (non-hydrogen) atoms. The third kappa shape index (κ3) is 5.56. The number of ether oxygens (including phenoxy) is 1.